The minimum atomic E-state index is -3.29. The molecule has 0 saturated heterocycles. The Hall–Kier alpha value is -3.08. The smallest absolute Gasteiger partial charge is 0.254 e. The average Bonchev–Trinajstić information content (AvgIpc) is 4.10. The van der Waals surface area contributed by atoms with Crippen molar-refractivity contribution in [2.75, 3.05) is 37.5 Å². The largest absolute Gasteiger partial charge is 0.490 e. The number of carbonyl (C=O) groups excluding carboxylic acids is 1. The van der Waals surface area contributed by atoms with Crippen LogP contribution in [-0.4, -0.2) is 118 Å². The van der Waals surface area contributed by atoms with E-state index < -0.39 is 52.4 Å². The van der Waals surface area contributed by atoms with Crippen LogP contribution in [0.3, 0.4) is 0 Å². The number of pyridine rings is 1. The van der Waals surface area contributed by atoms with Crippen molar-refractivity contribution in [2.24, 2.45) is 0 Å². The van der Waals surface area contributed by atoms with Gasteiger partial charge in [-0.1, -0.05) is 24.3 Å². The number of ether oxygens (including phenoxy) is 2. The molecule has 2 aliphatic rings. The summed E-state index contributed by atoms with van der Waals surface area (Å²) in [6, 6.07) is 16.5. The van der Waals surface area contributed by atoms with Crippen LogP contribution in [0.25, 0.3) is 11.1 Å². The molecule has 1 amide bonds. The molecule has 3 aromatic rings. The van der Waals surface area contributed by atoms with Gasteiger partial charge in [0.2, 0.25) is 0 Å². The molecule has 2 saturated carbocycles. The maximum Gasteiger partial charge on any atom is 0.254 e. The van der Waals surface area contributed by atoms with E-state index in [1.165, 1.54) is 4.90 Å². The van der Waals surface area contributed by atoms with Gasteiger partial charge in [-0.15, -0.1) is 11.8 Å². The molecule has 0 radical (unpaired) electrons. The van der Waals surface area contributed by atoms with Crippen LogP contribution in [0, 0.1) is 6.92 Å². The quantitative estimate of drug-likeness (QED) is 0.0742. The van der Waals surface area contributed by atoms with Gasteiger partial charge in [-0.2, -0.15) is 0 Å². The van der Waals surface area contributed by atoms with Crippen LogP contribution in [-0.2, 0) is 31.6 Å². The summed E-state index contributed by atoms with van der Waals surface area (Å²) < 4.78 is 36.3. The van der Waals surface area contributed by atoms with Crippen LogP contribution in [0.2, 0.25) is 0 Å². The molecule has 2 fully saturated rings. The molecule has 2 aromatic carbocycles. The molecule has 5 rings (SSSR count). The number of hydrogen-bond donors (Lipinski definition) is 5. The third-order valence-corrected chi connectivity index (χ3v) is 11.8. The Kier molecular flexibility index (Phi) is 14.3. The molecule has 0 spiro atoms. The van der Waals surface area contributed by atoms with E-state index in [4.69, 9.17) is 14.6 Å². The summed E-state index contributed by atoms with van der Waals surface area (Å²) in [5.74, 6) is 0.557. The van der Waals surface area contributed by atoms with Crippen molar-refractivity contribution in [3.63, 3.8) is 0 Å². The molecule has 14 heteroatoms. The topological polar surface area (TPSA) is 187 Å². The Morgan fingerprint density at radius 3 is 2.43 bits per heavy atom. The number of aliphatic hydroxyl groups excluding tert-OH is 5. The fraction of sp³-hybridized carbons (Fsp3) is 0.538. The number of aryl methyl sites for hydroxylation is 1. The molecule has 2 aliphatic carbocycles. The molecule has 53 heavy (non-hydrogen) atoms. The van der Waals surface area contributed by atoms with Gasteiger partial charge in [0.25, 0.3) is 5.91 Å². The Balaban J connectivity index is 1.16. The van der Waals surface area contributed by atoms with Gasteiger partial charge >= 0.3 is 0 Å². The lowest BCUT2D eigenvalue weighted by Gasteiger charge is -2.30. The van der Waals surface area contributed by atoms with Gasteiger partial charge in [0, 0.05) is 47.8 Å². The van der Waals surface area contributed by atoms with Gasteiger partial charge in [0.05, 0.1) is 30.7 Å². The maximum atomic E-state index is 13.1. The lowest BCUT2D eigenvalue weighted by molar-refractivity contribution is -0.158. The molecule has 12 nitrogen and oxygen atoms in total. The van der Waals surface area contributed by atoms with Gasteiger partial charge in [-0.05, 0) is 98.6 Å². The first-order chi connectivity index (χ1) is 25.3. The van der Waals surface area contributed by atoms with E-state index in [9.17, 15) is 33.6 Å². The first-order valence-corrected chi connectivity index (χ1v) is 21.2. The number of rotatable bonds is 22. The monoisotopic (exact) mass is 772 g/mol. The Morgan fingerprint density at radius 1 is 1.00 bits per heavy atom. The van der Waals surface area contributed by atoms with Crippen molar-refractivity contribution in [1.82, 2.24) is 9.88 Å². The van der Waals surface area contributed by atoms with Crippen molar-refractivity contribution in [2.45, 2.75) is 99.5 Å². The second-order valence-corrected chi connectivity index (χ2v) is 17.6. The number of aromatic nitrogens is 1. The molecular weight excluding hydrogens is 721 g/mol. The van der Waals surface area contributed by atoms with Crippen molar-refractivity contribution in [3.05, 3.63) is 77.6 Å². The van der Waals surface area contributed by atoms with Gasteiger partial charge in [-0.25, -0.2) is 8.42 Å². The summed E-state index contributed by atoms with van der Waals surface area (Å²) in [5, 5.41) is 49.4. The molecule has 0 bridgehead atoms. The van der Waals surface area contributed by atoms with Gasteiger partial charge in [0.15, 0.2) is 6.10 Å². The average molecular weight is 773 g/mol. The van der Waals surface area contributed by atoms with E-state index in [1.807, 2.05) is 36.7 Å². The third kappa shape index (κ3) is 11.5. The Morgan fingerprint density at radius 2 is 1.74 bits per heavy atom. The summed E-state index contributed by atoms with van der Waals surface area (Å²) in [6.07, 6.45) is 2.64. The SMILES string of the molecule is Cc1ccc(SCCCCN(CCCS(C)(=O)=O)C(=O)C(O)C(O)C(O)C(O)CO)cc1COC1(c2cnccc2-c2ccccc2OC2CC2)CC1. The van der Waals surface area contributed by atoms with Crippen molar-refractivity contribution in [1.29, 1.82) is 0 Å². The van der Waals surface area contributed by atoms with Crippen molar-refractivity contribution in [3.8, 4) is 16.9 Å². The molecule has 4 atom stereocenters. The molecular formula is C39H52N2O10S2. The highest BCUT2D eigenvalue weighted by molar-refractivity contribution is 7.99. The van der Waals surface area contributed by atoms with Crippen molar-refractivity contribution >= 4 is 27.5 Å². The maximum absolute atomic E-state index is 13.1. The van der Waals surface area contributed by atoms with Crippen LogP contribution in [0.15, 0.2) is 65.8 Å². The summed E-state index contributed by atoms with van der Waals surface area (Å²) in [7, 11) is -3.29. The molecule has 5 N–H and O–H groups in total. The highest BCUT2D eigenvalue weighted by atomic mass is 32.2. The van der Waals surface area contributed by atoms with E-state index in [2.05, 4.69) is 36.2 Å². The number of thioether (sulfide) groups is 1. The number of carbonyl (C=O) groups is 1. The number of benzene rings is 2. The highest BCUT2D eigenvalue weighted by Crippen LogP contribution is 2.53. The Labute approximate surface area is 316 Å². The standard InChI is InChI=1S/C39H52N2O10S2/c1-26-10-13-29(52-20-6-5-18-41(19-7-21-53(2,48)49)38(47)37(46)36(45)35(44)33(43)24-42)22-27(26)25-50-39(15-16-39)32-23-40-17-14-30(32)31-8-3-4-9-34(31)51-28-11-12-28/h3-4,8-10,13-14,17,22-23,28,33,35-37,42-46H,5-7,11-12,15-16,18-21,24-25H2,1-2H3. The van der Waals surface area contributed by atoms with Crippen LogP contribution in [0.5, 0.6) is 5.75 Å². The lowest BCUT2D eigenvalue weighted by atomic mass is 9.96. The van der Waals surface area contributed by atoms with Crippen molar-refractivity contribution < 1.29 is 48.2 Å². The molecule has 290 valence electrons. The summed E-state index contributed by atoms with van der Waals surface area (Å²) in [4.78, 5) is 19.9. The summed E-state index contributed by atoms with van der Waals surface area (Å²) >= 11 is 1.67. The van der Waals surface area contributed by atoms with E-state index >= 15 is 0 Å². The lowest BCUT2D eigenvalue weighted by Crippen LogP contribution is -2.53. The predicted molar refractivity (Wildman–Crippen MR) is 202 cm³/mol. The molecule has 0 aliphatic heterocycles. The first kappa shape index (κ1) is 41.1. The zero-order valence-corrected chi connectivity index (χ0v) is 32.0. The second kappa shape index (κ2) is 18.5. The van der Waals surface area contributed by atoms with Crippen LogP contribution in [0.4, 0.5) is 0 Å². The minimum Gasteiger partial charge on any atom is -0.490 e. The zero-order chi connectivity index (χ0) is 38.2. The summed E-state index contributed by atoms with van der Waals surface area (Å²) in [5.41, 5.74) is 4.99. The zero-order valence-electron chi connectivity index (χ0n) is 30.3. The number of sulfone groups is 1. The van der Waals surface area contributed by atoms with E-state index in [1.54, 1.807) is 11.8 Å². The Bertz CT molecular complexity index is 1780. The number of nitrogens with zero attached hydrogens (tertiary/aromatic N) is 2. The summed E-state index contributed by atoms with van der Waals surface area (Å²) in [6.45, 7) is 1.85. The van der Waals surface area contributed by atoms with E-state index in [0.717, 1.165) is 76.2 Å². The number of amides is 1. The van der Waals surface area contributed by atoms with E-state index in [-0.39, 0.29) is 31.4 Å². The fourth-order valence-corrected chi connectivity index (χ4v) is 7.79. The fourth-order valence-electron chi connectivity index (χ4n) is 6.16. The molecule has 1 heterocycles. The van der Waals surface area contributed by atoms with Gasteiger partial charge in [0.1, 0.15) is 33.9 Å². The molecule has 4 unspecified atom stereocenters. The minimum absolute atomic E-state index is 0.0194. The number of para-hydroxylation sites is 1. The number of hydrogen-bond acceptors (Lipinski definition) is 12. The third-order valence-electron chi connectivity index (χ3n) is 9.69. The first-order valence-electron chi connectivity index (χ1n) is 18.2. The van der Waals surface area contributed by atoms with Crippen LogP contribution >= 0.6 is 11.8 Å². The highest BCUT2D eigenvalue weighted by Gasteiger charge is 2.48. The predicted octanol–water partition coefficient (Wildman–Crippen LogP) is 3.38. The van der Waals surface area contributed by atoms with Crippen LogP contribution < -0.4 is 4.74 Å². The van der Waals surface area contributed by atoms with E-state index in [0.29, 0.717) is 19.4 Å². The normalized spacial score (nSPS) is 17.5. The van der Waals surface area contributed by atoms with Crippen LogP contribution in [0.1, 0.15) is 61.6 Å². The number of aliphatic hydroxyl groups is 5. The molecule has 1 aromatic heterocycles. The van der Waals surface area contributed by atoms with Gasteiger partial charge < -0.3 is 39.9 Å². The number of unbranched alkanes of at least 4 members (excludes halogenated alkanes) is 1. The van der Waals surface area contributed by atoms with Gasteiger partial charge in [-0.3, -0.25) is 9.78 Å². The second-order valence-electron chi connectivity index (χ2n) is 14.1.